The van der Waals surface area contributed by atoms with Gasteiger partial charge in [0.25, 0.3) is 0 Å². The Labute approximate surface area is 200 Å². The quantitative estimate of drug-likeness (QED) is 0.314. The van der Waals surface area contributed by atoms with Crippen LogP contribution >= 0.6 is 0 Å². The van der Waals surface area contributed by atoms with E-state index in [0.29, 0.717) is 19.3 Å². The van der Waals surface area contributed by atoms with Crippen molar-refractivity contribution >= 4 is 30.1 Å². The van der Waals surface area contributed by atoms with Gasteiger partial charge in [0.15, 0.2) is 0 Å². The Bertz CT molecular complexity index is 628. The van der Waals surface area contributed by atoms with Crippen LogP contribution in [0.4, 0.5) is 0 Å². The van der Waals surface area contributed by atoms with E-state index in [9.17, 15) is 25.3 Å². The van der Waals surface area contributed by atoms with E-state index in [4.69, 9.17) is 15.4 Å². The first-order valence-corrected chi connectivity index (χ1v) is 14.1. The molecule has 1 radical (unpaired) electrons. The number of sulfonamides is 3. The number of rotatable bonds is 12. The topological polar surface area (TPSA) is 184 Å². The maximum Gasteiger partial charge on any atom is 0.0700 e. The minimum absolute atomic E-state index is 0. The van der Waals surface area contributed by atoms with Gasteiger partial charge in [0.2, 0.25) is 0 Å². The van der Waals surface area contributed by atoms with Crippen LogP contribution in [0, 0.1) is 0 Å². The monoisotopic (exact) mass is 558 g/mol. The molecule has 3 N–H and O–H groups in total. The minimum atomic E-state index is -3.50. The smallest absolute Gasteiger partial charge is 0.0700 e. The molecule has 0 aromatic rings. The van der Waals surface area contributed by atoms with Crippen LogP contribution in [0.1, 0.15) is 19.3 Å². The molecule has 0 amide bonds. The Morgan fingerprint density at radius 1 is 0.484 bits per heavy atom. The molecule has 12 nitrogen and oxygen atoms in total. The molecule has 0 aliphatic rings. The van der Waals surface area contributed by atoms with E-state index < -0.39 is 30.1 Å². The molecule has 0 aromatic heterocycles. The van der Waals surface area contributed by atoms with Crippen LogP contribution in [-0.2, 0) is 47.1 Å². The van der Waals surface area contributed by atoms with Crippen LogP contribution in [0.5, 0.6) is 0 Å². The fraction of sp³-hybridized carbons (Fsp3) is 1.00. The van der Waals surface area contributed by atoms with E-state index in [1.807, 2.05) is 57.0 Å². The van der Waals surface area contributed by atoms with Gasteiger partial charge in [-0.2, -0.15) is 0 Å². The third-order valence-corrected chi connectivity index (χ3v) is 5.53. The Morgan fingerprint density at radius 2 is 0.645 bits per heavy atom. The van der Waals surface area contributed by atoms with Crippen molar-refractivity contribution in [3.05, 3.63) is 15.4 Å². The van der Waals surface area contributed by atoms with Crippen molar-refractivity contribution < 1.29 is 42.3 Å². The summed E-state index contributed by atoms with van der Waals surface area (Å²) in [6, 6.07) is 0. The zero-order valence-electron chi connectivity index (χ0n) is 19.2. The minimum Gasteiger partial charge on any atom is -0.564 e. The van der Waals surface area contributed by atoms with Crippen LogP contribution < -0.4 is 0 Å². The molecule has 197 valence electrons. The molecular formula is C15H39CuN6O6S3-3. The van der Waals surface area contributed by atoms with Crippen molar-refractivity contribution in [2.24, 2.45) is 0 Å². The Morgan fingerprint density at radius 3 is 0.742 bits per heavy atom. The molecule has 16 heteroatoms. The molecule has 0 bridgehead atoms. The van der Waals surface area contributed by atoms with Crippen molar-refractivity contribution in [2.45, 2.75) is 19.3 Å². The van der Waals surface area contributed by atoms with Gasteiger partial charge in [-0.15, -0.1) is 0 Å². The molecule has 0 aliphatic heterocycles. The molecule has 0 saturated heterocycles. The number of nitrogens with one attached hydrogen (secondary N) is 3. The molecule has 0 unspecified atom stereocenters. The molecule has 0 rings (SSSR count). The maximum atomic E-state index is 10.3. The van der Waals surface area contributed by atoms with Gasteiger partial charge in [0, 0.05) is 34.3 Å². The van der Waals surface area contributed by atoms with Crippen molar-refractivity contribution in [1.29, 1.82) is 0 Å². The van der Waals surface area contributed by atoms with Gasteiger partial charge in [-0.05, 0) is 81.2 Å². The van der Waals surface area contributed by atoms with Gasteiger partial charge in [0.05, 0.1) is 30.1 Å². The molecule has 0 saturated carbocycles. The van der Waals surface area contributed by atoms with E-state index in [-0.39, 0.29) is 34.3 Å². The second kappa shape index (κ2) is 19.6. The van der Waals surface area contributed by atoms with Gasteiger partial charge < -0.3 is 30.1 Å². The second-order valence-corrected chi connectivity index (χ2v) is 12.3. The van der Waals surface area contributed by atoms with Gasteiger partial charge >= 0.3 is 0 Å². The van der Waals surface area contributed by atoms with Crippen molar-refractivity contribution in [3.8, 4) is 0 Å². The van der Waals surface area contributed by atoms with E-state index >= 15 is 0 Å². The van der Waals surface area contributed by atoms with E-state index in [1.165, 1.54) is 0 Å². The van der Waals surface area contributed by atoms with Crippen molar-refractivity contribution in [2.75, 3.05) is 79.2 Å². The third kappa shape index (κ3) is 53.4. The standard InChI is InChI=1S/3C5H13N2O2S.Cu/c3*1-7(2)4-3-5-10(6,8)9;/h3*3-5H2,1-2H3,(H-,6,8,9);/q3*-1;. The Kier molecular flexibility index (Phi) is 24.3. The summed E-state index contributed by atoms with van der Waals surface area (Å²) in [5.74, 6) is -0.110. The Hall–Kier alpha value is 0.129. The predicted molar refractivity (Wildman–Crippen MR) is 124 cm³/mol. The zero-order chi connectivity index (χ0) is 24.6. The summed E-state index contributed by atoms with van der Waals surface area (Å²) in [5.41, 5.74) is 0. The largest absolute Gasteiger partial charge is 0.564 e. The van der Waals surface area contributed by atoms with Gasteiger partial charge in [0.1, 0.15) is 0 Å². The first-order chi connectivity index (χ1) is 13.2. The van der Waals surface area contributed by atoms with Crippen LogP contribution in [0.3, 0.4) is 0 Å². The third-order valence-electron chi connectivity index (χ3n) is 3.06. The molecule has 0 spiro atoms. The van der Waals surface area contributed by atoms with Crippen LogP contribution in [0.2, 0.25) is 0 Å². The summed E-state index contributed by atoms with van der Waals surface area (Å²) >= 11 is 0. The first-order valence-electron chi connectivity index (χ1n) is 9.11. The normalized spacial score (nSPS) is 12.0. The summed E-state index contributed by atoms with van der Waals surface area (Å²) < 4.78 is 61.6. The average Bonchev–Trinajstić information content (AvgIpc) is 2.42. The molecule has 0 aromatic carbocycles. The van der Waals surface area contributed by atoms with Gasteiger partial charge in [-0.3, -0.25) is 0 Å². The summed E-state index contributed by atoms with van der Waals surface area (Å²) in [6.07, 6.45) is 1.62. The van der Waals surface area contributed by atoms with Crippen LogP contribution in [0.15, 0.2) is 0 Å². The molecule has 0 heterocycles. The second-order valence-electron chi connectivity index (χ2n) is 7.43. The fourth-order valence-electron chi connectivity index (χ4n) is 1.71. The molecule has 0 fully saturated rings. The summed E-state index contributed by atoms with van der Waals surface area (Å²) in [5, 5.41) is 19.6. The van der Waals surface area contributed by atoms with Crippen LogP contribution in [0.25, 0.3) is 15.4 Å². The van der Waals surface area contributed by atoms with E-state index in [0.717, 1.165) is 19.6 Å². The van der Waals surface area contributed by atoms with E-state index in [2.05, 4.69) is 0 Å². The van der Waals surface area contributed by atoms with Gasteiger partial charge in [-0.1, -0.05) is 0 Å². The number of hydrogen-bond acceptors (Lipinski definition) is 9. The van der Waals surface area contributed by atoms with Crippen molar-refractivity contribution in [3.63, 3.8) is 0 Å². The molecule has 0 aliphatic carbocycles. The zero-order valence-corrected chi connectivity index (χ0v) is 22.6. The fourth-order valence-corrected chi connectivity index (χ4v) is 3.24. The van der Waals surface area contributed by atoms with Crippen LogP contribution in [-0.4, -0.2) is 119 Å². The first kappa shape index (κ1) is 38.4. The average molecular weight is 559 g/mol. The Balaban J connectivity index is -0.000000174. The molecule has 31 heavy (non-hydrogen) atoms. The molecule has 0 atom stereocenters. The van der Waals surface area contributed by atoms with E-state index in [1.54, 1.807) is 0 Å². The number of nitrogens with zero attached hydrogens (tertiary/aromatic N) is 3. The van der Waals surface area contributed by atoms with Gasteiger partial charge in [-0.25, -0.2) is 25.3 Å². The molecular weight excluding hydrogens is 520 g/mol. The number of hydrogen-bond donors (Lipinski definition) is 0. The maximum absolute atomic E-state index is 10.3. The predicted octanol–water partition coefficient (Wildman–Crippen LogP) is 0.958. The van der Waals surface area contributed by atoms with Crippen molar-refractivity contribution in [1.82, 2.24) is 14.7 Å². The SMILES string of the molecule is CN(C)CCCS([NH-])(=O)=O.CN(C)CCCS([NH-])(=O)=O.CN(C)CCCS([NH-])(=O)=O.[Cu]. The summed E-state index contributed by atoms with van der Waals surface area (Å²) in [6.45, 7) is 2.16. The summed E-state index contributed by atoms with van der Waals surface area (Å²) in [7, 11) is 0.740. The summed E-state index contributed by atoms with van der Waals surface area (Å²) in [4.78, 5) is 5.68.